The van der Waals surface area contributed by atoms with E-state index in [1.807, 2.05) is 0 Å². The molecule has 0 unspecified atom stereocenters. The lowest BCUT2D eigenvalue weighted by Gasteiger charge is -2.16. The van der Waals surface area contributed by atoms with Gasteiger partial charge in [-0.15, -0.1) is 0 Å². The smallest absolute Gasteiger partial charge is 0.140 e. The molecule has 0 aliphatic carbocycles. The first-order chi connectivity index (χ1) is 7.92. The molecule has 0 aromatic carbocycles. The largest absolute Gasteiger partial charge is 0.370 e. The molecule has 1 N–H and O–H groups in total. The van der Waals surface area contributed by atoms with E-state index < -0.39 is 0 Å². The number of hydrogen-bond donors (Lipinski definition) is 1. The van der Waals surface area contributed by atoms with Gasteiger partial charge in [0.05, 0.1) is 18.9 Å². The maximum atomic E-state index is 5.42. The van der Waals surface area contributed by atoms with Crippen molar-refractivity contribution in [3.8, 4) is 0 Å². The first-order valence-corrected chi connectivity index (χ1v) is 5.71. The van der Waals surface area contributed by atoms with Gasteiger partial charge in [0.25, 0.3) is 0 Å². The van der Waals surface area contributed by atoms with E-state index in [0.29, 0.717) is 6.61 Å². The lowest BCUT2D eigenvalue weighted by Crippen LogP contribution is -2.27. The Kier molecular flexibility index (Phi) is 1.67. The second-order valence-electron chi connectivity index (χ2n) is 4.46. The average Bonchev–Trinajstić information content (AvgIpc) is 2.88. The van der Waals surface area contributed by atoms with Crippen LogP contribution >= 0.6 is 0 Å². The Labute approximate surface area is 93.2 Å². The average molecular weight is 215 g/mol. The molecular formula is C12H13N3O. The maximum absolute atomic E-state index is 5.42. The number of pyridine rings is 1. The number of ether oxygens (including phenoxy) is 1. The molecule has 4 heterocycles. The van der Waals surface area contributed by atoms with Crippen LogP contribution in [0.1, 0.15) is 17.0 Å². The summed E-state index contributed by atoms with van der Waals surface area (Å²) in [7, 11) is 0. The molecule has 4 rings (SSSR count). The molecule has 2 aliphatic rings. The van der Waals surface area contributed by atoms with Crippen molar-refractivity contribution in [3.63, 3.8) is 0 Å². The molecule has 2 aromatic heterocycles. The minimum atomic E-state index is 0.671. The number of rotatable bonds is 0. The highest BCUT2D eigenvalue weighted by Gasteiger charge is 2.18. The van der Waals surface area contributed by atoms with E-state index in [0.717, 1.165) is 37.6 Å². The van der Waals surface area contributed by atoms with Gasteiger partial charge in [0.1, 0.15) is 5.65 Å². The topological polar surface area (TPSA) is 39.1 Å². The standard InChI is InChI=1S/C12H13N3O/c1-2-15-10(5-13-1)4-8-3-9-6-16-7-11(9)14-12(8)15/h3-4,13H,1-2,5-7H2. The van der Waals surface area contributed by atoms with E-state index in [9.17, 15) is 0 Å². The van der Waals surface area contributed by atoms with Crippen LogP contribution < -0.4 is 5.32 Å². The van der Waals surface area contributed by atoms with Crippen LogP contribution in [0.3, 0.4) is 0 Å². The van der Waals surface area contributed by atoms with E-state index in [2.05, 4.69) is 22.0 Å². The highest BCUT2D eigenvalue weighted by atomic mass is 16.5. The molecule has 0 bridgehead atoms. The highest BCUT2D eigenvalue weighted by Crippen LogP contribution is 2.26. The third kappa shape index (κ3) is 1.08. The van der Waals surface area contributed by atoms with E-state index >= 15 is 0 Å². The summed E-state index contributed by atoms with van der Waals surface area (Å²) in [5.74, 6) is 0. The highest BCUT2D eigenvalue weighted by molar-refractivity contribution is 5.79. The van der Waals surface area contributed by atoms with Crippen molar-refractivity contribution in [3.05, 3.63) is 29.1 Å². The van der Waals surface area contributed by atoms with Crippen molar-refractivity contribution in [1.29, 1.82) is 0 Å². The van der Waals surface area contributed by atoms with Crippen LogP contribution in [0.15, 0.2) is 12.1 Å². The Morgan fingerprint density at radius 1 is 1.31 bits per heavy atom. The van der Waals surface area contributed by atoms with Gasteiger partial charge < -0.3 is 14.6 Å². The Morgan fingerprint density at radius 3 is 3.31 bits per heavy atom. The van der Waals surface area contributed by atoms with Crippen molar-refractivity contribution >= 4 is 11.0 Å². The van der Waals surface area contributed by atoms with Crippen molar-refractivity contribution in [2.45, 2.75) is 26.3 Å². The summed E-state index contributed by atoms with van der Waals surface area (Å²) < 4.78 is 7.74. The Balaban J connectivity index is 2.02. The van der Waals surface area contributed by atoms with Gasteiger partial charge in [-0.25, -0.2) is 4.98 Å². The molecule has 0 radical (unpaired) electrons. The van der Waals surface area contributed by atoms with Gasteiger partial charge in [-0.2, -0.15) is 0 Å². The molecular weight excluding hydrogens is 202 g/mol. The normalized spacial score (nSPS) is 18.8. The molecule has 4 nitrogen and oxygen atoms in total. The molecule has 0 atom stereocenters. The summed E-state index contributed by atoms with van der Waals surface area (Å²) in [4.78, 5) is 4.74. The molecule has 0 amide bonds. The van der Waals surface area contributed by atoms with Gasteiger partial charge in [-0.05, 0) is 12.1 Å². The zero-order valence-electron chi connectivity index (χ0n) is 8.99. The van der Waals surface area contributed by atoms with Crippen LogP contribution in [0, 0.1) is 0 Å². The molecule has 16 heavy (non-hydrogen) atoms. The van der Waals surface area contributed by atoms with Crippen molar-refractivity contribution in [2.24, 2.45) is 0 Å². The van der Waals surface area contributed by atoms with E-state index in [1.165, 1.54) is 16.6 Å². The lowest BCUT2D eigenvalue weighted by molar-refractivity contribution is 0.133. The van der Waals surface area contributed by atoms with Crippen LogP contribution in [0.2, 0.25) is 0 Å². The van der Waals surface area contributed by atoms with Gasteiger partial charge in [-0.3, -0.25) is 0 Å². The SMILES string of the molecule is c1c2c(nc3c1cc1n3CCNC1)COC2. The Hall–Kier alpha value is -1.39. The molecule has 0 saturated carbocycles. The van der Waals surface area contributed by atoms with Gasteiger partial charge >= 0.3 is 0 Å². The van der Waals surface area contributed by atoms with Gasteiger partial charge in [0, 0.05) is 36.3 Å². The van der Waals surface area contributed by atoms with Crippen LogP contribution in [0.4, 0.5) is 0 Å². The number of nitrogens with zero attached hydrogens (tertiary/aromatic N) is 2. The summed E-state index contributed by atoms with van der Waals surface area (Å²) in [6.07, 6.45) is 0. The fourth-order valence-corrected chi connectivity index (χ4v) is 2.63. The summed E-state index contributed by atoms with van der Waals surface area (Å²) in [6, 6.07) is 4.48. The molecule has 0 fully saturated rings. The van der Waals surface area contributed by atoms with Crippen LogP contribution in [0.5, 0.6) is 0 Å². The Morgan fingerprint density at radius 2 is 2.31 bits per heavy atom. The van der Waals surface area contributed by atoms with Crippen molar-refractivity contribution in [2.75, 3.05) is 6.54 Å². The molecule has 82 valence electrons. The number of aromatic nitrogens is 2. The zero-order chi connectivity index (χ0) is 10.5. The van der Waals surface area contributed by atoms with Gasteiger partial charge in [0.2, 0.25) is 0 Å². The molecule has 2 aliphatic heterocycles. The van der Waals surface area contributed by atoms with E-state index in [1.54, 1.807) is 0 Å². The lowest BCUT2D eigenvalue weighted by atomic mass is 10.2. The quantitative estimate of drug-likeness (QED) is 0.717. The number of hydrogen-bond acceptors (Lipinski definition) is 3. The second kappa shape index (κ2) is 3.06. The summed E-state index contributed by atoms with van der Waals surface area (Å²) in [5, 5.41) is 4.64. The summed E-state index contributed by atoms with van der Waals surface area (Å²) in [5.41, 5.74) is 4.84. The fourth-order valence-electron chi connectivity index (χ4n) is 2.63. The number of nitrogens with one attached hydrogen (secondary N) is 1. The predicted molar refractivity (Wildman–Crippen MR) is 59.9 cm³/mol. The summed E-state index contributed by atoms with van der Waals surface area (Å²) >= 11 is 0. The van der Waals surface area contributed by atoms with Gasteiger partial charge in [0.15, 0.2) is 0 Å². The monoisotopic (exact) mass is 215 g/mol. The van der Waals surface area contributed by atoms with Crippen molar-refractivity contribution < 1.29 is 4.74 Å². The van der Waals surface area contributed by atoms with Crippen molar-refractivity contribution in [1.82, 2.24) is 14.9 Å². The second-order valence-corrected chi connectivity index (χ2v) is 4.46. The first-order valence-electron chi connectivity index (χ1n) is 5.71. The molecule has 4 heteroatoms. The van der Waals surface area contributed by atoms with E-state index in [4.69, 9.17) is 9.72 Å². The molecule has 0 saturated heterocycles. The Bertz CT molecular complexity index is 573. The third-order valence-corrected chi connectivity index (χ3v) is 3.44. The van der Waals surface area contributed by atoms with Crippen LogP contribution in [0.25, 0.3) is 11.0 Å². The zero-order valence-corrected chi connectivity index (χ0v) is 8.99. The van der Waals surface area contributed by atoms with E-state index in [-0.39, 0.29) is 0 Å². The molecule has 2 aromatic rings. The first kappa shape index (κ1) is 8.73. The maximum Gasteiger partial charge on any atom is 0.140 e. The van der Waals surface area contributed by atoms with Crippen LogP contribution in [-0.4, -0.2) is 16.1 Å². The minimum absolute atomic E-state index is 0.671. The third-order valence-electron chi connectivity index (χ3n) is 3.44. The predicted octanol–water partition coefficient (Wildman–Crippen LogP) is 1.17. The number of fused-ring (bicyclic) bond motifs is 4. The van der Waals surface area contributed by atoms with Gasteiger partial charge in [-0.1, -0.05) is 0 Å². The summed E-state index contributed by atoms with van der Waals surface area (Å²) in [6.45, 7) is 4.40. The minimum Gasteiger partial charge on any atom is -0.370 e. The van der Waals surface area contributed by atoms with Crippen LogP contribution in [-0.2, 0) is 31.0 Å². The fraction of sp³-hybridized carbons (Fsp3) is 0.417. The molecule has 0 spiro atoms.